The summed E-state index contributed by atoms with van der Waals surface area (Å²) in [4.78, 5) is 37.5. The molecule has 2 aromatic rings. The van der Waals surface area contributed by atoms with Crippen LogP contribution in [0, 0.1) is 11.6 Å². The number of aromatic nitrogens is 2. The summed E-state index contributed by atoms with van der Waals surface area (Å²) in [6.45, 7) is 1.46. The number of carbonyl (C=O) groups excluding carboxylic acids is 2. The molecule has 0 fully saturated rings. The van der Waals surface area contributed by atoms with Gasteiger partial charge in [0.1, 0.15) is 5.69 Å². The highest BCUT2D eigenvalue weighted by molar-refractivity contribution is 6.03. The number of aliphatic imine (C=N–C) groups is 1. The number of rotatable bonds is 4. The predicted octanol–water partition coefficient (Wildman–Crippen LogP) is 1.41. The van der Waals surface area contributed by atoms with Gasteiger partial charge in [0.2, 0.25) is 11.8 Å². The Morgan fingerprint density at radius 1 is 1.31 bits per heavy atom. The second-order valence-electron chi connectivity index (χ2n) is 6.59. The predicted molar refractivity (Wildman–Crippen MR) is 99.3 cm³/mol. The van der Waals surface area contributed by atoms with Gasteiger partial charge >= 0.3 is 0 Å². The van der Waals surface area contributed by atoms with Crippen molar-refractivity contribution in [3.05, 3.63) is 47.4 Å². The number of hydrogen-bond acceptors (Lipinski definition) is 7. The minimum Gasteiger partial charge on any atom is -0.480 e. The van der Waals surface area contributed by atoms with Gasteiger partial charge in [0, 0.05) is 24.4 Å². The Morgan fingerprint density at radius 2 is 2.03 bits per heavy atom. The first-order valence-corrected chi connectivity index (χ1v) is 8.43. The molecule has 3 N–H and O–H groups in total. The summed E-state index contributed by atoms with van der Waals surface area (Å²) in [5.41, 5.74) is 4.00. The molecule has 29 heavy (non-hydrogen) atoms. The first-order chi connectivity index (χ1) is 13.6. The molecule has 0 spiro atoms. The average Bonchev–Trinajstić information content (AvgIpc) is 2.68. The monoisotopic (exact) mass is 404 g/mol. The van der Waals surface area contributed by atoms with Crippen LogP contribution >= 0.6 is 0 Å². The summed E-state index contributed by atoms with van der Waals surface area (Å²) < 4.78 is 33.7. The van der Waals surface area contributed by atoms with Gasteiger partial charge in [-0.1, -0.05) is 0 Å². The number of carbonyl (C=O) groups is 2. The topological polar surface area (TPSA) is 123 Å². The zero-order valence-corrected chi connectivity index (χ0v) is 15.9. The molecule has 0 radical (unpaired) electrons. The van der Waals surface area contributed by atoms with Crippen molar-refractivity contribution < 1.29 is 23.1 Å². The first-order valence-electron chi connectivity index (χ1n) is 8.43. The Hall–Kier alpha value is -3.63. The van der Waals surface area contributed by atoms with Crippen LogP contribution in [0.25, 0.3) is 0 Å². The number of hydrogen-bond donors (Lipinski definition) is 2. The van der Waals surface area contributed by atoms with Crippen LogP contribution in [-0.2, 0) is 10.3 Å². The summed E-state index contributed by atoms with van der Waals surface area (Å²) in [6.07, 6.45) is 2.20. The number of amides is 2. The van der Waals surface area contributed by atoms with E-state index in [9.17, 15) is 18.4 Å². The van der Waals surface area contributed by atoms with Crippen molar-refractivity contribution >= 4 is 23.5 Å². The number of anilines is 1. The minimum atomic E-state index is -1.43. The van der Waals surface area contributed by atoms with Crippen LogP contribution in [0.3, 0.4) is 0 Å². The molecule has 3 rings (SSSR count). The van der Waals surface area contributed by atoms with E-state index in [1.54, 1.807) is 0 Å². The summed E-state index contributed by atoms with van der Waals surface area (Å²) >= 11 is 0. The van der Waals surface area contributed by atoms with E-state index >= 15 is 0 Å². The van der Waals surface area contributed by atoms with E-state index < -0.39 is 29.0 Å². The molecule has 1 atom stereocenters. The molecule has 1 aliphatic rings. The molecular weight excluding hydrogens is 386 g/mol. The van der Waals surface area contributed by atoms with Crippen LogP contribution in [0.1, 0.15) is 29.4 Å². The third-order valence-electron chi connectivity index (χ3n) is 4.51. The van der Waals surface area contributed by atoms with Crippen LogP contribution in [0.2, 0.25) is 0 Å². The fraction of sp³-hybridized carbons (Fsp3) is 0.278. The molecule has 11 heteroatoms. The number of methoxy groups -OCH3 is 1. The van der Waals surface area contributed by atoms with E-state index in [0.29, 0.717) is 0 Å². The zero-order chi connectivity index (χ0) is 21.3. The van der Waals surface area contributed by atoms with Crippen molar-refractivity contribution in [1.29, 1.82) is 0 Å². The molecule has 0 aliphatic carbocycles. The minimum absolute atomic E-state index is 0.0390. The van der Waals surface area contributed by atoms with Crippen LogP contribution in [0.4, 0.5) is 14.5 Å². The van der Waals surface area contributed by atoms with Gasteiger partial charge in [0.25, 0.3) is 5.91 Å². The molecule has 1 aliphatic heterocycles. The van der Waals surface area contributed by atoms with Gasteiger partial charge in [-0.25, -0.2) is 23.7 Å². The van der Waals surface area contributed by atoms with Crippen LogP contribution in [0.15, 0.2) is 29.5 Å². The number of nitrogens with two attached hydrogens (primary N) is 1. The largest absolute Gasteiger partial charge is 0.480 e. The standard InChI is InChI=1S/C18H18F2N6O3/c1-18(6-14(27)26(2)17(21)25-18)10-4-9(5-11(19)15(10)20)24-16(28)12-7-23-13(29-3)8-22-12/h4-5,7-8H,6H2,1-3H3,(H2,21,25)(H,24,28)/t18-/m0/s1. The van der Waals surface area contributed by atoms with Gasteiger partial charge in [-0.05, 0) is 13.0 Å². The molecule has 1 aromatic carbocycles. The Kier molecular flexibility index (Phi) is 5.14. The smallest absolute Gasteiger partial charge is 0.275 e. The van der Waals surface area contributed by atoms with Crippen LogP contribution in [0.5, 0.6) is 5.88 Å². The lowest BCUT2D eigenvalue weighted by Crippen LogP contribution is -2.47. The Bertz CT molecular complexity index is 1010. The van der Waals surface area contributed by atoms with E-state index in [0.717, 1.165) is 11.0 Å². The van der Waals surface area contributed by atoms with Crippen molar-refractivity contribution in [1.82, 2.24) is 14.9 Å². The summed E-state index contributed by atoms with van der Waals surface area (Å²) in [6, 6.07) is 2.03. The van der Waals surface area contributed by atoms with Crippen molar-refractivity contribution in [2.45, 2.75) is 18.9 Å². The number of benzene rings is 1. The van der Waals surface area contributed by atoms with E-state index in [1.807, 2.05) is 0 Å². The van der Waals surface area contributed by atoms with E-state index in [4.69, 9.17) is 10.5 Å². The van der Waals surface area contributed by atoms with Gasteiger partial charge in [0.05, 0.1) is 31.5 Å². The first kappa shape index (κ1) is 20.1. The van der Waals surface area contributed by atoms with Gasteiger partial charge in [-0.3, -0.25) is 14.5 Å². The molecule has 2 heterocycles. The lowest BCUT2D eigenvalue weighted by molar-refractivity contribution is -0.128. The van der Waals surface area contributed by atoms with Crippen LogP contribution < -0.4 is 15.8 Å². The van der Waals surface area contributed by atoms with Gasteiger partial charge in [0.15, 0.2) is 17.6 Å². The molecule has 2 amide bonds. The van der Waals surface area contributed by atoms with Gasteiger partial charge in [-0.2, -0.15) is 0 Å². The molecule has 0 saturated carbocycles. The highest BCUT2D eigenvalue weighted by Gasteiger charge is 2.39. The summed E-state index contributed by atoms with van der Waals surface area (Å²) in [5.74, 6) is -3.38. The second kappa shape index (κ2) is 7.41. The maximum Gasteiger partial charge on any atom is 0.275 e. The SMILES string of the molecule is COc1cnc(C(=O)Nc2cc(F)c(F)c([C@]3(C)CC(=O)N(C)C(N)=N3)c2)cn1. The van der Waals surface area contributed by atoms with E-state index in [2.05, 4.69) is 20.3 Å². The molecule has 152 valence electrons. The van der Waals surface area contributed by atoms with Gasteiger partial charge in [-0.15, -0.1) is 0 Å². The molecule has 0 unspecified atom stereocenters. The third-order valence-corrected chi connectivity index (χ3v) is 4.51. The third kappa shape index (κ3) is 3.84. The van der Waals surface area contributed by atoms with Crippen molar-refractivity contribution in [2.24, 2.45) is 10.7 Å². The Labute approximate surface area is 164 Å². The lowest BCUT2D eigenvalue weighted by Gasteiger charge is -2.34. The van der Waals surface area contributed by atoms with E-state index in [1.165, 1.54) is 39.5 Å². The van der Waals surface area contributed by atoms with E-state index in [-0.39, 0.29) is 35.2 Å². The summed E-state index contributed by atoms with van der Waals surface area (Å²) in [5, 5.41) is 2.43. The highest BCUT2D eigenvalue weighted by Crippen LogP contribution is 2.36. The van der Waals surface area contributed by atoms with Gasteiger partial charge < -0.3 is 15.8 Å². The maximum absolute atomic E-state index is 14.5. The van der Waals surface area contributed by atoms with Crippen molar-refractivity contribution in [3.63, 3.8) is 0 Å². The number of halogens is 2. The normalized spacial score (nSPS) is 19.0. The lowest BCUT2D eigenvalue weighted by atomic mass is 9.86. The number of ether oxygens (including phenoxy) is 1. The highest BCUT2D eigenvalue weighted by atomic mass is 19.2. The second-order valence-corrected chi connectivity index (χ2v) is 6.59. The maximum atomic E-state index is 14.5. The fourth-order valence-electron chi connectivity index (χ4n) is 2.85. The fourth-order valence-corrected chi connectivity index (χ4v) is 2.85. The van der Waals surface area contributed by atoms with Crippen LogP contribution in [-0.4, -0.2) is 46.8 Å². The molecular formula is C18H18F2N6O3. The zero-order valence-electron chi connectivity index (χ0n) is 15.9. The molecule has 0 bridgehead atoms. The summed E-state index contributed by atoms with van der Waals surface area (Å²) in [7, 11) is 2.83. The average molecular weight is 404 g/mol. The quantitative estimate of drug-likeness (QED) is 0.794. The van der Waals surface area contributed by atoms with Crippen molar-refractivity contribution in [2.75, 3.05) is 19.5 Å². The number of nitrogens with zero attached hydrogens (tertiary/aromatic N) is 4. The molecule has 0 saturated heterocycles. The number of guanidine groups is 1. The number of nitrogens with one attached hydrogen (secondary N) is 1. The molecule has 1 aromatic heterocycles. The Morgan fingerprint density at radius 3 is 2.62 bits per heavy atom. The molecule has 9 nitrogen and oxygen atoms in total. The van der Waals surface area contributed by atoms with Crippen molar-refractivity contribution in [3.8, 4) is 5.88 Å². The Balaban J connectivity index is 1.95.